The predicted molar refractivity (Wildman–Crippen MR) is 76.6 cm³/mol. The van der Waals surface area contributed by atoms with Crippen molar-refractivity contribution >= 4 is 10.8 Å². The van der Waals surface area contributed by atoms with Gasteiger partial charge in [0.25, 0.3) is 0 Å². The van der Waals surface area contributed by atoms with E-state index in [9.17, 15) is 0 Å². The van der Waals surface area contributed by atoms with Crippen LogP contribution >= 0.6 is 0 Å². The fourth-order valence-corrected chi connectivity index (χ4v) is 2.15. The maximum atomic E-state index is 4.53. The SMILES string of the molecule is CCc1ccc(-c2cc3ccccc3cn2)cc1. The number of aryl methyl sites for hydroxylation is 1. The number of benzene rings is 2. The van der Waals surface area contributed by atoms with Crippen molar-refractivity contribution in [3.63, 3.8) is 0 Å². The first-order chi connectivity index (χ1) is 8.86. The second-order valence-electron chi connectivity index (χ2n) is 4.47. The monoisotopic (exact) mass is 233 g/mol. The molecule has 0 atom stereocenters. The molecule has 0 aliphatic carbocycles. The van der Waals surface area contributed by atoms with E-state index in [0.29, 0.717) is 0 Å². The second-order valence-corrected chi connectivity index (χ2v) is 4.47. The summed E-state index contributed by atoms with van der Waals surface area (Å²) in [5, 5.41) is 2.42. The zero-order valence-corrected chi connectivity index (χ0v) is 10.4. The molecule has 0 radical (unpaired) electrons. The van der Waals surface area contributed by atoms with Crippen LogP contribution in [0.3, 0.4) is 0 Å². The van der Waals surface area contributed by atoms with Gasteiger partial charge in [0.2, 0.25) is 0 Å². The van der Waals surface area contributed by atoms with Crippen molar-refractivity contribution in [2.75, 3.05) is 0 Å². The van der Waals surface area contributed by atoms with Crippen LogP contribution in [0.5, 0.6) is 0 Å². The van der Waals surface area contributed by atoms with Gasteiger partial charge < -0.3 is 0 Å². The summed E-state index contributed by atoms with van der Waals surface area (Å²) in [5.41, 5.74) is 3.58. The predicted octanol–water partition coefficient (Wildman–Crippen LogP) is 4.46. The van der Waals surface area contributed by atoms with Crippen LogP contribution < -0.4 is 0 Å². The molecule has 0 bridgehead atoms. The molecule has 0 amide bonds. The lowest BCUT2D eigenvalue weighted by Gasteiger charge is -2.04. The van der Waals surface area contributed by atoms with Crippen molar-refractivity contribution in [2.24, 2.45) is 0 Å². The van der Waals surface area contributed by atoms with E-state index in [4.69, 9.17) is 0 Å². The lowest BCUT2D eigenvalue weighted by molar-refractivity contribution is 1.14. The molecule has 0 unspecified atom stereocenters. The van der Waals surface area contributed by atoms with Crippen molar-refractivity contribution in [3.8, 4) is 11.3 Å². The van der Waals surface area contributed by atoms with E-state index in [0.717, 1.165) is 12.1 Å². The minimum atomic E-state index is 1.04. The van der Waals surface area contributed by atoms with Gasteiger partial charge in [0, 0.05) is 17.1 Å². The van der Waals surface area contributed by atoms with Gasteiger partial charge in [-0.25, -0.2) is 0 Å². The van der Waals surface area contributed by atoms with Crippen molar-refractivity contribution in [1.82, 2.24) is 4.98 Å². The molecule has 0 aliphatic heterocycles. The van der Waals surface area contributed by atoms with E-state index in [1.807, 2.05) is 12.3 Å². The number of hydrogen-bond acceptors (Lipinski definition) is 1. The first-order valence-corrected chi connectivity index (χ1v) is 6.31. The lowest BCUT2D eigenvalue weighted by atomic mass is 10.1. The maximum Gasteiger partial charge on any atom is 0.0708 e. The third-order valence-electron chi connectivity index (χ3n) is 3.29. The Labute approximate surface area is 107 Å². The van der Waals surface area contributed by atoms with Gasteiger partial charge in [-0.15, -0.1) is 0 Å². The Hall–Kier alpha value is -2.15. The summed E-state index contributed by atoms with van der Waals surface area (Å²) in [5.74, 6) is 0. The van der Waals surface area contributed by atoms with E-state index in [2.05, 4.69) is 60.4 Å². The van der Waals surface area contributed by atoms with Crippen LogP contribution in [0.4, 0.5) is 0 Å². The summed E-state index contributed by atoms with van der Waals surface area (Å²) in [6.07, 6.45) is 3.02. The number of rotatable bonds is 2. The van der Waals surface area contributed by atoms with Gasteiger partial charge in [-0.2, -0.15) is 0 Å². The molecule has 1 heteroatoms. The smallest absolute Gasteiger partial charge is 0.0708 e. The molecule has 1 heterocycles. The van der Waals surface area contributed by atoms with Gasteiger partial charge in [-0.1, -0.05) is 55.5 Å². The highest BCUT2D eigenvalue weighted by Crippen LogP contribution is 2.22. The molecule has 1 nitrogen and oxygen atoms in total. The van der Waals surface area contributed by atoms with Crippen LogP contribution in [-0.2, 0) is 6.42 Å². The molecule has 18 heavy (non-hydrogen) atoms. The highest BCUT2D eigenvalue weighted by Gasteiger charge is 2.00. The summed E-state index contributed by atoms with van der Waals surface area (Å²) in [4.78, 5) is 4.53. The van der Waals surface area contributed by atoms with Crippen molar-refractivity contribution in [1.29, 1.82) is 0 Å². The Bertz CT molecular complexity index is 669. The van der Waals surface area contributed by atoms with Crippen LogP contribution in [-0.4, -0.2) is 4.98 Å². The van der Waals surface area contributed by atoms with Crippen molar-refractivity contribution in [2.45, 2.75) is 13.3 Å². The minimum Gasteiger partial charge on any atom is -0.256 e. The van der Waals surface area contributed by atoms with Crippen LogP contribution in [0.2, 0.25) is 0 Å². The molecule has 0 N–H and O–H groups in total. The minimum absolute atomic E-state index is 1.04. The topological polar surface area (TPSA) is 12.9 Å². The molecule has 3 rings (SSSR count). The number of nitrogens with zero attached hydrogens (tertiary/aromatic N) is 1. The summed E-state index contributed by atoms with van der Waals surface area (Å²) < 4.78 is 0. The van der Waals surface area contributed by atoms with Crippen LogP contribution in [0, 0.1) is 0 Å². The summed E-state index contributed by atoms with van der Waals surface area (Å²) in [6.45, 7) is 2.17. The van der Waals surface area contributed by atoms with Gasteiger partial charge in [0.05, 0.1) is 5.69 Å². The van der Waals surface area contributed by atoms with E-state index >= 15 is 0 Å². The van der Waals surface area contributed by atoms with Crippen molar-refractivity contribution in [3.05, 3.63) is 66.4 Å². The molecule has 0 aliphatic rings. The first kappa shape index (κ1) is 11.0. The fourth-order valence-electron chi connectivity index (χ4n) is 2.15. The second kappa shape index (κ2) is 4.61. The van der Waals surface area contributed by atoms with Crippen LogP contribution in [0.25, 0.3) is 22.0 Å². The maximum absolute atomic E-state index is 4.53. The molecule has 1 aromatic heterocycles. The molecule has 3 aromatic rings. The van der Waals surface area contributed by atoms with E-state index in [-0.39, 0.29) is 0 Å². The Morgan fingerprint density at radius 1 is 0.889 bits per heavy atom. The van der Waals surface area contributed by atoms with Gasteiger partial charge in [0.15, 0.2) is 0 Å². The molecule has 0 saturated heterocycles. The Morgan fingerprint density at radius 3 is 2.33 bits per heavy atom. The summed E-state index contributed by atoms with van der Waals surface area (Å²) >= 11 is 0. The van der Waals surface area contributed by atoms with Crippen LogP contribution in [0.15, 0.2) is 60.8 Å². The Kier molecular flexibility index (Phi) is 2.81. The average Bonchev–Trinajstić information content (AvgIpc) is 2.47. The van der Waals surface area contributed by atoms with Crippen LogP contribution in [0.1, 0.15) is 12.5 Å². The molecule has 0 saturated carbocycles. The number of hydrogen-bond donors (Lipinski definition) is 0. The first-order valence-electron chi connectivity index (χ1n) is 6.31. The number of pyridine rings is 1. The lowest BCUT2D eigenvalue weighted by Crippen LogP contribution is -1.85. The molecule has 2 aromatic carbocycles. The zero-order chi connectivity index (χ0) is 12.4. The quantitative estimate of drug-likeness (QED) is 0.636. The molecule has 0 fully saturated rings. The molecular weight excluding hydrogens is 218 g/mol. The van der Waals surface area contributed by atoms with Gasteiger partial charge >= 0.3 is 0 Å². The van der Waals surface area contributed by atoms with E-state index in [1.165, 1.54) is 21.9 Å². The standard InChI is InChI=1S/C17H15N/c1-2-13-7-9-14(10-8-13)17-11-15-5-3-4-6-16(15)12-18-17/h3-12H,2H2,1H3. The molecular formula is C17H15N. The Morgan fingerprint density at radius 2 is 1.61 bits per heavy atom. The molecule has 88 valence electrons. The van der Waals surface area contributed by atoms with E-state index < -0.39 is 0 Å². The highest BCUT2D eigenvalue weighted by molar-refractivity contribution is 5.85. The van der Waals surface area contributed by atoms with E-state index in [1.54, 1.807) is 0 Å². The average molecular weight is 233 g/mol. The third kappa shape index (κ3) is 2.00. The fraction of sp³-hybridized carbons (Fsp3) is 0.118. The van der Waals surface area contributed by atoms with Gasteiger partial charge in [0.1, 0.15) is 0 Å². The van der Waals surface area contributed by atoms with Crippen molar-refractivity contribution < 1.29 is 0 Å². The largest absolute Gasteiger partial charge is 0.256 e. The summed E-state index contributed by atoms with van der Waals surface area (Å²) in [6, 6.07) is 19.1. The molecule has 0 spiro atoms. The summed E-state index contributed by atoms with van der Waals surface area (Å²) in [7, 11) is 0. The van der Waals surface area contributed by atoms with Gasteiger partial charge in [-0.05, 0) is 23.4 Å². The third-order valence-corrected chi connectivity index (χ3v) is 3.29. The normalized spacial score (nSPS) is 10.7. The van der Waals surface area contributed by atoms with Gasteiger partial charge in [-0.3, -0.25) is 4.98 Å². The Balaban J connectivity index is 2.07. The number of aromatic nitrogens is 1. The number of fused-ring (bicyclic) bond motifs is 1. The zero-order valence-electron chi connectivity index (χ0n) is 10.4. The highest BCUT2D eigenvalue weighted by atomic mass is 14.7.